The van der Waals surface area contributed by atoms with Gasteiger partial charge in [0.15, 0.2) is 0 Å². The van der Waals surface area contributed by atoms with E-state index in [1.54, 1.807) is 11.3 Å². The summed E-state index contributed by atoms with van der Waals surface area (Å²) in [7, 11) is 2.21. The molecule has 0 aromatic carbocycles. The predicted molar refractivity (Wildman–Crippen MR) is 71.4 cm³/mol. The van der Waals surface area contributed by atoms with Gasteiger partial charge in [-0.1, -0.05) is 11.6 Å². The minimum Gasteiger partial charge on any atom is -0.308 e. The van der Waals surface area contributed by atoms with Gasteiger partial charge in [0, 0.05) is 23.5 Å². The maximum absolute atomic E-state index is 5.94. The van der Waals surface area contributed by atoms with Gasteiger partial charge >= 0.3 is 0 Å². The van der Waals surface area contributed by atoms with Crippen LogP contribution in [0.15, 0.2) is 12.1 Å². The zero-order valence-corrected chi connectivity index (χ0v) is 11.4. The van der Waals surface area contributed by atoms with Crippen LogP contribution < -0.4 is 5.32 Å². The Labute approximate surface area is 107 Å². The molecule has 0 saturated carbocycles. The first-order valence-electron chi connectivity index (χ1n) is 5.85. The molecule has 0 radical (unpaired) electrons. The summed E-state index contributed by atoms with van der Waals surface area (Å²) in [6.07, 6.45) is 2.66. The number of rotatable bonds is 4. The normalized spacial score (nSPS) is 23.8. The molecule has 2 nitrogen and oxygen atoms in total. The summed E-state index contributed by atoms with van der Waals surface area (Å²) in [5.74, 6) is 0. The molecule has 1 aromatic rings. The van der Waals surface area contributed by atoms with Gasteiger partial charge in [0.1, 0.15) is 0 Å². The zero-order chi connectivity index (χ0) is 11.5. The average Bonchev–Trinajstić information content (AvgIpc) is 2.84. The molecule has 1 fully saturated rings. The standard InChI is InChI=1S/C12H19ClN2S/c1-9(11-5-6-12(13)16-11)14-8-10-4-3-7-15(10)2/h5-6,9-10,14H,3-4,7-8H2,1-2H3. The van der Waals surface area contributed by atoms with Crippen molar-refractivity contribution in [2.45, 2.75) is 31.8 Å². The number of likely N-dealkylation sites (N-methyl/N-ethyl adjacent to an activating group) is 1. The first-order chi connectivity index (χ1) is 7.66. The first-order valence-corrected chi connectivity index (χ1v) is 7.05. The fraction of sp³-hybridized carbons (Fsp3) is 0.667. The third-order valence-corrected chi connectivity index (χ3v) is 4.77. The molecule has 1 aromatic heterocycles. The van der Waals surface area contributed by atoms with E-state index in [2.05, 4.69) is 30.3 Å². The lowest BCUT2D eigenvalue weighted by atomic mass is 10.2. The van der Waals surface area contributed by atoms with Crippen LogP contribution in [-0.4, -0.2) is 31.1 Å². The van der Waals surface area contributed by atoms with Crippen LogP contribution in [0.4, 0.5) is 0 Å². The molecule has 2 atom stereocenters. The summed E-state index contributed by atoms with van der Waals surface area (Å²) < 4.78 is 0.877. The van der Waals surface area contributed by atoms with Gasteiger partial charge < -0.3 is 10.2 Å². The quantitative estimate of drug-likeness (QED) is 0.893. The van der Waals surface area contributed by atoms with Crippen LogP contribution in [0.5, 0.6) is 0 Å². The van der Waals surface area contributed by atoms with Gasteiger partial charge in [-0.15, -0.1) is 11.3 Å². The molecule has 2 rings (SSSR count). The number of thiophene rings is 1. The molecular formula is C12H19ClN2S. The highest BCUT2D eigenvalue weighted by molar-refractivity contribution is 7.16. The Balaban J connectivity index is 1.81. The van der Waals surface area contributed by atoms with E-state index >= 15 is 0 Å². The van der Waals surface area contributed by atoms with Crippen LogP contribution in [0.2, 0.25) is 4.34 Å². The van der Waals surface area contributed by atoms with Gasteiger partial charge in [-0.2, -0.15) is 0 Å². The van der Waals surface area contributed by atoms with Crippen LogP contribution in [-0.2, 0) is 0 Å². The molecule has 90 valence electrons. The molecule has 4 heteroatoms. The van der Waals surface area contributed by atoms with Crippen LogP contribution in [0.1, 0.15) is 30.7 Å². The minimum atomic E-state index is 0.409. The van der Waals surface area contributed by atoms with Gasteiger partial charge in [-0.25, -0.2) is 0 Å². The highest BCUT2D eigenvalue weighted by Crippen LogP contribution is 2.26. The Bertz CT molecular complexity index is 340. The van der Waals surface area contributed by atoms with Crippen molar-refractivity contribution in [1.29, 1.82) is 0 Å². The van der Waals surface area contributed by atoms with E-state index in [4.69, 9.17) is 11.6 Å². The second-order valence-corrected chi connectivity index (χ2v) is 6.30. The topological polar surface area (TPSA) is 15.3 Å². The lowest BCUT2D eigenvalue weighted by Gasteiger charge is -2.22. The van der Waals surface area contributed by atoms with Gasteiger partial charge in [-0.05, 0) is 45.5 Å². The average molecular weight is 259 g/mol. The number of likely N-dealkylation sites (tertiary alicyclic amines) is 1. The van der Waals surface area contributed by atoms with E-state index < -0.39 is 0 Å². The Morgan fingerprint density at radius 2 is 2.44 bits per heavy atom. The molecule has 1 saturated heterocycles. The van der Waals surface area contributed by atoms with Crippen molar-refractivity contribution in [3.63, 3.8) is 0 Å². The second-order valence-electron chi connectivity index (χ2n) is 4.55. The lowest BCUT2D eigenvalue weighted by molar-refractivity contribution is 0.294. The molecule has 0 aliphatic carbocycles. The fourth-order valence-corrected chi connectivity index (χ4v) is 3.30. The smallest absolute Gasteiger partial charge is 0.0931 e. The van der Waals surface area contributed by atoms with Crippen molar-refractivity contribution in [2.24, 2.45) is 0 Å². The van der Waals surface area contributed by atoms with E-state index in [0.29, 0.717) is 12.1 Å². The van der Waals surface area contributed by atoms with E-state index in [1.165, 1.54) is 24.3 Å². The summed E-state index contributed by atoms with van der Waals surface area (Å²) in [4.78, 5) is 3.77. The van der Waals surface area contributed by atoms with E-state index in [0.717, 1.165) is 10.9 Å². The van der Waals surface area contributed by atoms with Crippen molar-refractivity contribution < 1.29 is 0 Å². The van der Waals surface area contributed by atoms with Crippen LogP contribution in [0, 0.1) is 0 Å². The zero-order valence-electron chi connectivity index (χ0n) is 9.87. The van der Waals surface area contributed by atoms with Gasteiger partial charge in [0.05, 0.1) is 4.34 Å². The van der Waals surface area contributed by atoms with Crippen molar-refractivity contribution >= 4 is 22.9 Å². The third-order valence-electron chi connectivity index (χ3n) is 3.35. The summed E-state index contributed by atoms with van der Waals surface area (Å²) in [5, 5.41) is 3.59. The first kappa shape index (κ1) is 12.4. The molecule has 1 N–H and O–H groups in total. The molecule has 0 amide bonds. The van der Waals surface area contributed by atoms with Gasteiger partial charge in [0.2, 0.25) is 0 Å². The summed E-state index contributed by atoms with van der Waals surface area (Å²) in [6, 6.07) is 5.20. The molecule has 1 aliphatic rings. The molecular weight excluding hydrogens is 240 g/mol. The highest BCUT2D eigenvalue weighted by Gasteiger charge is 2.21. The van der Waals surface area contributed by atoms with Crippen molar-refractivity contribution in [2.75, 3.05) is 20.1 Å². The summed E-state index contributed by atoms with van der Waals surface area (Å²) in [6.45, 7) is 4.52. The Morgan fingerprint density at radius 1 is 1.62 bits per heavy atom. The number of nitrogens with zero attached hydrogens (tertiary/aromatic N) is 1. The summed E-state index contributed by atoms with van der Waals surface area (Å²) >= 11 is 7.61. The van der Waals surface area contributed by atoms with Gasteiger partial charge in [-0.3, -0.25) is 0 Å². The van der Waals surface area contributed by atoms with Crippen LogP contribution >= 0.6 is 22.9 Å². The second kappa shape index (κ2) is 5.50. The van der Waals surface area contributed by atoms with Crippen LogP contribution in [0.25, 0.3) is 0 Å². The SMILES string of the molecule is CC(NCC1CCCN1C)c1ccc(Cl)s1. The summed E-state index contributed by atoms with van der Waals surface area (Å²) in [5.41, 5.74) is 0. The fourth-order valence-electron chi connectivity index (χ4n) is 2.21. The van der Waals surface area contributed by atoms with E-state index in [1.807, 2.05) is 6.07 Å². The maximum atomic E-state index is 5.94. The van der Waals surface area contributed by atoms with E-state index in [-0.39, 0.29) is 0 Å². The van der Waals surface area contributed by atoms with Crippen LogP contribution in [0.3, 0.4) is 0 Å². The molecule has 2 heterocycles. The minimum absolute atomic E-state index is 0.409. The Kier molecular flexibility index (Phi) is 4.25. The maximum Gasteiger partial charge on any atom is 0.0931 e. The molecule has 16 heavy (non-hydrogen) atoms. The molecule has 0 spiro atoms. The number of hydrogen-bond donors (Lipinski definition) is 1. The highest BCUT2D eigenvalue weighted by atomic mass is 35.5. The number of hydrogen-bond acceptors (Lipinski definition) is 3. The molecule has 2 unspecified atom stereocenters. The Morgan fingerprint density at radius 3 is 3.00 bits per heavy atom. The predicted octanol–water partition coefficient (Wildman–Crippen LogP) is 3.15. The van der Waals surface area contributed by atoms with Crippen molar-refractivity contribution in [3.05, 3.63) is 21.3 Å². The Hall–Kier alpha value is -0.0900. The third kappa shape index (κ3) is 2.98. The van der Waals surface area contributed by atoms with E-state index in [9.17, 15) is 0 Å². The molecule has 1 aliphatic heterocycles. The van der Waals surface area contributed by atoms with Crippen molar-refractivity contribution in [1.82, 2.24) is 10.2 Å². The molecule has 0 bridgehead atoms. The van der Waals surface area contributed by atoms with Gasteiger partial charge in [0.25, 0.3) is 0 Å². The largest absolute Gasteiger partial charge is 0.308 e. The monoisotopic (exact) mass is 258 g/mol. The van der Waals surface area contributed by atoms with Crippen molar-refractivity contribution in [3.8, 4) is 0 Å². The number of nitrogens with one attached hydrogen (secondary N) is 1. The number of halogens is 1. The lowest BCUT2D eigenvalue weighted by Crippen LogP contribution is -2.36.